The van der Waals surface area contributed by atoms with Gasteiger partial charge in [-0.1, -0.05) is 20.8 Å². The molecule has 0 unspecified atom stereocenters. The van der Waals surface area contributed by atoms with Gasteiger partial charge in [0, 0.05) is 11.9 Å². The van der Waals surface area contributed by atoms with Crippen LogP contribution in [0.1, 0.15) is 41.1 Å². The van der Waals surface area contributed by atoms with Crippen molar-refractivity contribution in [1.82, 2.24) is 14.8 Å². The van der Waals surface area contributed by atoms with Gasteiger partial charge in [-0.25, -0.2) is 9.78 Å². The average Bonchev–Trinajstić information content (AvgIpc) is 2.91. The lowest BCUT2D eigenvalue weighted by atomic mass is 9.95. The number of nitrogens with zero attached hydrogens (tertiary/aromatic N) is 3. The third-order valence-corrected chi connectivity index (χ3v) is 4.32. The van der Waals surface area contributed by atoms with Crippen LogP contribution in [0.15, 0.2) is 12.4 Å². The van der Waals surface area contributed by atoms with Crippen LogP contribution < -0.4 is 4.74 Å². The molecule has 0 radical (unpaired) electrons. The van der Waals surface area contributed by atoms with Gasteiger partial charge in [-0.2, -0.15) is 5.10 Å². The van der Waals surface area contributed by atoms with E-state index in [-0.39, 0.29) is 16.9 Å². The number of hydrogen-bond acceptors (Lipinski definition) is 5. The summed E-state index contributed by atoms with van der Waals surface area (Å²) in [6.45, 7) is 6.31. The van der Waals surface area contributed by atoms with Crippen molar-refractivity contribution in [2.45, 2.75) is 32.8 Å². The molecule has 20 heavy (non-hydrogen) atoms. The standard InChI is InChI=1S/C13H17N3O3S/c1-13(2,3)9-5-8(11(20-9)12(17)18)19-6-10-14-7-15-16(10)4/h5,7H,6H2,1-4H3,(H,17,18). The van der Waals surface area contributed by atoms with Crippen LogP contribution in [0.3, 0.4) is 0 Å². The molecule has 1 N–H and O–H groups in total. The van der Waals surface area contributed by atoms with E-state index in [1.54, 1.807) is 17.8 Å². The molecule has 6 nitrogen and oxygen atoms in total. The molecular formula is C13H17N3O3S. The summed E-state index contributed by atoms with van der Waals surface area (Å²) in [6.07, 6.45) is 1.44. The van der Waals surface area contributed by atoms with Gasteiger partial charge < -0.3 is 9.84 Å². The van der Waals surface area contributed by atoms with Crippen molar-refractivity contribution < 1.29 is 14.6 Å². The Morgan fingerprint density at radius 3 is 2.70 bits per heavy atom. The lowest BCUT2D eigenvalue weighted by molar-refractivity contribution is 0.0697. The second-order valence-corrected chi connectivity index (χ2v) is 6.50. The summed E-state index contributed by atoms with van der Waals surface area (Å²) in [5.74, 6) is 0.0544. The highest BCUT2D eigenvalue weighted by Crippen LogP contribution is 2.37. The van der Waals surface area contributed by atoms with Crippen molar-refractivity contribution in [3.8, 4) is 5.75 Å². The van der Waals surface area contributed by atoms with E-state index in [1.807, 2.05) is 20.8 Å². The molecule has 0 aliphatic rings. The molecule has 2 rings (SSSR count). The number of aromatic nitrogens is 3. The van der Waals surface area contributed by atoms with E-state index >= 15 is 0 Å². The summed E-state index contributed by atoms with van der Waals surface area (Å²) in [4.78, 5) is 16.5. The Morgan fingerprint density at radius 1 is 1.50 bits per heavy atom. The Bertz CT molecular complexity index is 625. The summed E-state index contributed by atoms with van der Waals surface area (Å²) < 4.78 is 7.20. The maximum absolute atomic E-state index is 11.3. The largest absolute Gasteiger partial charge is 0.484 e. The van der Waals surface area contributed by atoms with E-state index in [2.05, 4.69) is 10.1 Å². The first-order valence-electron chi connectivity index (χ1n) is 6.12. The van der Waals surface area contributed by atoms with Gasteiger partial charge in [-0.3, -0.25) is 4.68 Å². The number of carboxylic acid groups (broad SMARTS) is 1. The van der Waals surface area contributed by atoms with Crippen LogP contribution in [0.5, 0.6) is 5.75 Å². The molecule has 7 heteroatoms. The third-order valence-electron chi connectivity index (χ3n) is 2.79. The fourth-order valence-corrected chi connectivity index (χ4v) is 2.59. The molecule has 108 valence electrons. The monoisotopic (exact) mass is 295 g/mol. The summed E-state index contributed by atoms with van der Waals surface area (Å²) in [6, 6.07) is 1.80. The van der Waals surface area contributed by atoms with Crippen LogP contribution in [-0.4, -0.2) is 25.8 Å². The normalized spacial score (nSPS) is 11.6. The maximum Gasteiger partial charge on any atom is 0.349 e. The molecule has 0 saturated carbocycles. The minimum atomic E-state index is -0.974. The second-order valence-electron chi connectivity index (χ2n) is 5.45. The van der Waals surface area contributed by atoms with Gasteiger partial charge in [0.15, 0.2) is 10.7 Å². The molecular weight excluding hydrogens is 278 g/mol. The molecule has 0 aliphatic carbocycles. The summed E-state index contributed by atoms with van der Waals surface area (Å²) in [7, 11) is 1.76. The number of aromatic carboxylic acids is 1. The Balaban J connectivity index is 2.24. The first-order chi connectivity index (χ1) is 9.29. The fraction of sp³-hybridized carbons (Fsp3) is 0.462. The zero-order valence-corrected chi connectivity index (χ0v) is 12.7. The van der Waals surface area contributed by atoms with Gasteiger partial charge >= 0.3 is 5.97 Å². The van der Waals surface area contributed by atoms with Crippen molar-refractivity contribution in [3.63, 3.8) is 0 Å². The van der Waals surface area contributed by atoms with Crippen LogP contribution >= 0.6 is 11.3 Å². The first-order valence-corrected chi connectivity index (χ1v) is 6.94. The summed E-state index contributed by atoms with van der Waals surface area (Å²) in [5.41, 5.74) is -0.110. The van der Waals surface area contributed by atoms with Crippen molar-refractivity contribution in [3.05, 3.63) is 28.0 Å². The molecule has 0 spiro atoms. The number of aryl methyl sites for hydroxylation is 1. The minimum absolute atomic E-state index is 0.110. The predicted molar refractivity (Wildman–Crippen MR) is 75.3 cm³/mol. The van der Waals surface area contributed by atoms with Gasteiger partial charge in [0.25, 0.3) is 0 Å². The van der Waals surface area contributed by atoms with E-state index in [0.29, 0.717) is 11.6 Å². The van der Waals surface area contributed by atoms with E-state index < -0.39 is 5.97 Å². The molecule has 0 bridgehead atoms. The number of carboxylic acids is 1. The minimum Gasteiger partial charge on any atom is -0.484 e. The molecule has 2 aromatic heterocycles. The molecule has 0 aromatic carbocycles. The zero-order chi connectivity index (χ0) is 14.9. The molecule has 0 atom stereocenters. The Kier molecular flexibility index (Phi) is 3.80. The van der Waals surface area contributed by atoms with Crippen LogP contribution in [0, 0.1) is 0 Å². The van der Waals surface area contributed by atoms with Crippen molar-refractivity contribution in [2.75, 3.05) is 0 Å². The molecule has 2 heterocycles. The van der Waals surface area contributed by atoms with Crippen LogP contribution in [0.25, 0.3) is 0 Å². The number of rotatable bonds is 4. The molecule has 2 aromatic rings. The predicted octanol–water partition coefficient (Wildman–Crippen LogP) is 2.45. The van der Waals surface area contributed by atoms with E-state index in [0.717, 1.165) is 4.88 Å². The number of thiophene rings is 1. The van der Waals surface area contributed by atoms with Crippen LogP contribution in [-0.2, 0) is 19.1 Å². The average molecular weight is 295 g/mol. The summed E-state index contributed by atoms with van der Waals surface area (Å²) >= 11 is 1.25. The molecule has 0 fully saturated rings. The van der Waals surface area contributed by atoms with Gasteiger partial charge in [-0.15, -0.1) is 11.3 Å². The number of hydrogen-bond donors (Lipinski definition) is 1. The van der Waals surface area contributed by atoms with Crippen molar-refractivity contribution >= 4 is 17.3 Å². The number of ether oxygens (including phenoxy) is 1. The molecule has 0 saturated heterocycles. The van der Waals surface area contributed by atoms with E-state index in [4.69, 9.17) is 4.74 Å². The Morgan fingerprint density at radius 2 is 2.20 bits per heavy atom. The van der Waals surface area contributed by atoms with E-state index in [1.165, 1.54) is 17.7 Å². The van der Waals surface area contributed by atoms with E-state index in [9.17, 15) is 9.90 Å². The first kappa shape index (κ1) is 14.5. The lowest BCUT2D eigenvalue weighted by Gasteiger charge is -2.14. The highest BCUT2D eigenvalue weighted by atomic mass is 32.1. The lowest BCUT2D eigenvalue weighted by Crippen LogP contribution is -2.08. The van der Waals surface area contributed by atoms with Crippen molar-refractivity contribution in [2.24, 2.45) is 7.05 Å². The number of carbonyl (C=O) groups is 1. The van der Waals surface area contributed by atoms with Crippen LogP contribution in [0.2, 0.25) is 0 Å². The summed E-state index contributed by atoms with van der Waals surface area (Å²) in [5, 5.41) is 13.2. The Hall–Kier alpha value is -1.89. The molecule has 0 aliphatic heterocycles. The van der Waals surface area contributed by atoms with Gasteiger partial charge in [0.1, 0.15) is 18.7 Å². The quantitative estimate of drug-likeness (QED) is 0.937. The maximum atomic E-state index is 11.3. The smallest absolute Gasteiger partial charge is 0.349 e. The fourth-order valence-electron chi connectivity index (χ4n) is 1.59. The zero-order valence-electron chi connectivity index (χ0n) is 11.9. The second kappa shape index (κ2) is 5.24. The topological polar surface area (TPSA) is 77.2 Å². The van der Waals surface area contributed by atoms with Gasteiger partial charge in [0.05, 0.1) is 0 Å². The third kappa shape index (κ3) is 2.98. The highest BCUT2D eigenvalue weighted by Gasteiger charge is 2.23. The van der Waals surface area contributed by atoms with Gasteiger partial charge in [0.2, 0.25) is 0 Å². The molecule has 0 amide bonds. The Labute approximate surface area is 121 Å². The highest BCUT2D eigenvalue weighted by molar-refractivity contribution is 7.14. The SMILES string of the molecule is Cn1ncnc1COc1cc(C(C)(C)C)sc1C(=O)O. The van der Waals surface area contributed by atoms with Crippen LogP contribution in [0.4, 0.5) is 0 Å². The van der Waals surface area contributed by atoms with Crippen molar-refractivity contribution in [1.29, 1.82) is 0 Å². The van der Waals surface area contributed by atoms with Gasteiger partial charge in [-0.05, 0) is 11.5 Å².